The van der Waals surface area contributed by atoms with E-state index in [0.717, 1.165) is 18.2 Å². The van der Waals surface area contributed by atoms with Crippen molar-refractivity contribution in [1.82, 2.24) is 9.88 Å². The molecular weight excluding hydrogens is 210 g/mol. The third kappa shape index (κ3) is 3.20. The molecule has 0 saturated carbocycles. The first-order valence-electron chi connectivity index (χ1n) is 5.13. The van der Waals surface area contributed by atoms with Gasteiger partial charge in [0.1, 0.15) is 6.04 Å². The van der Waals surface area contributed by atoms with Crippen LogP contribution in [0.1, 0.15) is 20.8 Å². The normalized spacial score (nSPS) is 12.2. The topological polar surface area (TPSA) is 45.2 Å². The van der Waals surface area contributed by atoms with Crippen LogP contribution in [0.2, 0.25) is 0 Å². The van der Waals surface area contributed by atoms with Gasteiger partial charge in [0, 0.05) is 24.7 Å². The second-order valence-electron chi connectivity index (χ2n) is 3.21. The van der Waals surface area contributed by atoms with Crippen LogP contribution in [0.25, 0.3) is 0 Å². The van der Waals surface area contributed by atoms with Crippen molar-refractivity contribution < 1.29 is 4.79 Å². The van der Waals surface area contributed by atoms with Crippen LogP contribution in [-0.2, 0) is 4.79 Å². The van der Waals surface area contributed by atoms with Gasteiger partial charge in [-0.15, -0.1) is 11.3 Å². The number of aromatic nitrogens is 1. The average molecular weight is 227 g/mol. The molecule has 0 radical (unpaired) electrons. The molecule has 5 heteroatoms. The molecule has 1 heterocycles. The van der Waals surface area contributed by atoms with Crippen LogP contribution in [0.5, 0.6) is 0 Å². The Morgan fingerprint density at radius 1 is 1.60 bits per heavy atom. The first kappa shape index (κ1) is 12.0. The molecule has 1 atom stereocenters. The van der Waals surface area contributed by atoms with Gasteiger partial charge in [-0.05, 0) is 20.8 Å². The molecule has 1 rings (SSSR count). The monoisotopic (exact) mass is 227 g/mol. The lowest BCUT2D eigenvalue weighted by atomic mass is 10.3. The van der Waals surface area contributed by atoms with Crippen LogP contribution in [0.4, 0.5) is 5.13 Å². The second kappa shape index (κ2) is 5.70. The largest absolute Gasteiger partial charge is 0.350 e. The SMILES string of the molecule is CCN(CC)C(=O)C(C)Nc1nccs1. The molecule has 0 spiro atoms. The Balaban J connectivity index is 2.53. The summed E-state index contributed by atoms with van der Waals surface area (Å²) in [6.07, 6.45) is 1.72. The molecule has 0 aliphatic carbocycles. The van der Waals surface area contributed by atoms with E-state index in [2.05, 4.69) is 10.3 Å². The van der Waals surface area contributed by atoms with Gasteiger partial charge >= 0.3 is 0 Å². The maximum absolute atomic E-state index is 11.9. The highest BCUT2D eigenvalue weighted by Gasteiger charge is 2.18. The number of hydrogen-bond donors (Lipinski definition) is 1. The van der Waals surface area contributed by atoms with Gasteiger partial charge < -0.3 is 10.2 Å². The summed E-state index contributed by atoms with van der Waals surface area (Å²) >= 11 is 1.50. The maximum atomic E-state index is 11.9. The molecule has 1 N–H and O–H groups in total. The minimum atomic E-state index is -0.212. The minimum Gasteiger partial charge on any atom is -0.350 e. The van der Waals surface area contributed by atoms with Gasteiger partial charge in [-0.3, -0.25) is 4.79 Å². The summed E-state index contributed by atoms with van der Waals surface area (Å²) in [4.78, 5) is 17.8. The molecule has 0 aliphatic rings. The third-order valence-corrected chi connectivity index (χ3v) is 2.92. The Bertz CT molecular complexity index is 296. The van der Waals surface area contributed by atoms with E-state index in [1.54, 1.807) is 6.20 Å². The molecule has 1 aromatic heterocycles. The van der Waals surface area contributed by atoms with Crippen molar-refractivity contribution >= 4 is 22.4 Å². The van der Waals surface area contributed by atoms with Crippen LogP contribution in [-0.4, -0.2) is 34.9 Å². The smallest absolute Gasteiger partial charge is 0.244 e. The fourth-order valence-corrected chi connectivity index (χ4v) is 1.97. The summed E-state index contributed by atoms with van der Waals surface area (Å²) in [5.41, 5.74) is 0. The Morgan fingerprint density at radius 2 is 2.27 bits per heavy atom. The molecule has 0 saturated heterocycles. The van der Waals surface area contributed by atoms with Gasteiger partial charge in [0.2, 0.25) is 5.91 Å². The Labute approximate surface area is 94.3 Å². The molecule has 0 bridgehead atoms. The molecule has 1 amide bonds. The van der Waals surface area contributed by atoms with Gasteiger partial charge in [-0.1, -0.05) is 0 Å². The summed E-state index contributed by atoms with van der Waals surface area (Å²) in [7, 11) is 0. The zero-order valence-electron chi connectivity index (χ0n) is 9.36. The minimum absolute atomic E-state index is 0.121. The molecule has 1 unspecified atom stereocenters. The van der Waals surface area contributed by atoms with Crippen LogP contribution in [0.3, 0.4) is 0 Å². The number of hydrogen-bond acceptors (Lipinski definition) is 4. The predicted octanol–water partition coefficient (Wildman–Crippen LogP) is 1.81. The molecule has 4 nitrogen and oxygen atoms in total. The zero-order chi connectivity index (χ0) is 11.3. The number of nitrogens with one attached hydrogen (secondary N) is 1. The summed E-state index contributed by atoms with van der Waals surface area (Å²) in [5.74, 6) is 0.121. The fraction of sp³-hybridized carbons (Fsp3) is 0.600. The van der Waals surface area contributed by atoms with E-state index in [1.165, 1.54) is 11.3 Å². The van der Waals surface area contributed by atoms with Crippen LogP contribution >= 0.6 is 11.3 Å². The lowest BCUT2D eigenvalue weighted by Crippen LogP contribution is -2.41. The second-order valence-corrected chi connectivity index (χ2v) is 4.11. The first-order valence-corrected chi connectivity index (χ1v) is 6.01. The fourth-order valence-electron chi connectivity index (χ4n) is 1.35. The molecule has 1 aromatic rings. The molecule has 0 fully saturated rings. The Hall–Kier alpha value is -1.10. The highest BCUT2D eigenvalue weighted by Crippen LogP contribution is 2.12. The van der Waals surface area contributed by atoms with Gasteiger partial charge in [-0.2, -0.15) is 0 Å². The van der Waals surface area contributed by atoms with E-state index in [0.29, 0.717) is 0 Å². The summed E-state index contributed by atoms with van der Waals surface area (Å²) in [5, 5.41) is 5.77. The quantitative estimate of drug-likeness (QED) is 0.834. The molecule has 84 valence electrons. The van der Waals surface area contributed by atoms with Crippen LogP contribution in [0.15, 0.2) is 11.6 Å². The van der Waals surface area contributed by atoms with Crippen molar-refractivity contribution in [2.24, 2.45) is 0 Å². The molecule has 0 aromatic carbocycles. The van der Waals surface area contributed by atoms with E-state index >= 15 is 0 Å². The van der Waals surface area contributed by atoms with Gasteiger partial charge in [0.25, 0.3) is 0 Å². The highest BCUT2D eigenvalue weighted by atomic mass is 32.1. The van der Waals surface area contributed by atoms with E-state index in [4.69, 9.17) is 0 Å². The molecule has 0 aliphatic heterocycles. The third-order valence-electron chi connectivity index (χ3n) is 2.22. The van der Waals surface area contributed by atoms with Gasteiger partial charge in [0.15, 0.2) is 5.13 Å². The predicted molar refractivity (Wildman–Crippen MR) is 63.1 cm³/mol. The maximum Gasteiger partial charge on any atom is 0.244 e. The van der Waals surface area contributed by atoms with Crippen LogP contribution in [0, 0.1) is 0 Å². The van der Waals surface area contributed by atoms with Crippen molar-refractivity contribution in [2.45, 2.75) is 26.8 Å². The Kier molecular flexibility index (Phi) is 4.55. The number of anilines is 1. The molecule has 15 heavy (non-hydrogen) atoms. The summed E-state index contributed by atoms with van der Waals surface area (Å²) < 4.78 is 0. The number of nitrogens with zero attached hydrogens (tertiary/aromatic N) is 2. The molecular formula is C10H17N3OS. The van der Waals surface area contributed by atoms with E-state index in [-0.39, 0.29) is 11.9 Å². The summed E-state index contributed by atoms with van der Waals surface area (Å²) in [6.45, 7) is 7.33. The van der Waals surface area contributed by atoms with E-state index in [9.17, 15) is 4.79 Å². The standard InChI is InChI=1S/C10H17N3OS/c1-4-13(5-2)9(14)8(3)12-10-11-6-7-15-10/h6-8H,4-5H2,1-3H3,(H,11,12). The average Bonchev–Trinajstić information content (AvgIpc) is 2.72. The van der Waals surface area contributed by atoms with Crippen molar-refractivity contribution in [3.05, 3.63) is 11.6 Å². The van der Waals surface area contributed by atoms with Crippen molar-refractivity contribution in [2.75, 3.05) is 18.4 Å². The lowest BCUT2D eigenvalue weighted by molar-refractivity contribution is -0.131. The van der Waals surface area contributed by atoms with E-state index < -0.39 is 0 Å². The number of amides is 1. The number of thiazole rings is 1. The number of rotatable bonds is 5. The lowest BCUT2D eigenvalue weighted by Gasteiger charge is -2.23. The van der Waals surface area contributed by atoms with E-state index in [1.807, 2.05) is 31.1 Å². The highest BCUT2D eigenvalue weighted by molar-refractivity contribution is 7.13. The number of likely N-dealkylation sites (N-methyl/N-ethyl adjacent to an activating group) is 1. The summed E-state index contributed by atoms with van der Waals surface area (Å²) in [6, 6.07) is -0.212. The van der Waals surface area contributed by atoms with Crippen molar-refractivity contribution in [3.63, 3.8) is 0 Å². The van der Waals surface area contributed by atoms with Gasteiger partial charge in [0.05, 0.1) is 0 Å². The number of carbonyl (C=O) groups excluding carboxylic acids is 1. The Morgan fingerprint density at radius 3 is 2.73 bits per heavy atom. The van der Waals surface area contributed by atoms with Crippen LogP contribution < -0.4 is 5.32 Å². The van der Waals surface area contributed by atoms with Crippen molar-refractivity contribution in [1.29, 1.82) is 0 Å². The van der Waals surface area contributed by atoms with Gasteiger partial charge in [-0.25, -0.2) is 4.98 Å². The van der Waals surface area contributed by atoms with Crippen molar-refractivity contribution in [3.8, 4) is 0 Å². The zero-order valence-corrected chi connectivity index (χ0v) is 10.2. The first-order chi connectivity index (χ1) is 7.19. The number of carbonyl (C=O) groups is 1.